The summed E-state index contributed by atoms with van der Waals surface area (Å²) in [5, 5.41) is 0. The zero-order valence-corrected chi connectivity index (χ0v) is 12.4. The Labute approximate surface area is 124 Å². The average Bonchev–Trinajstić information content (AvgIpc) is 2.46. The second kappa shape index (κ2) is 5.85. The lowest BCUT2D eigenvalue weighted by molar-refractivity contribution is 0.242. The molecule has 4 nitrogen and oxygen atoms in total. The van der Waals surface area contributed by atoms with Crippen LogP contribution in [0.25, 0.3) is 0 Å². The van der Waals surface area contributed by atoms with E-state index in [1.807, 2.05) is 6.20 Å². The molecule has 3 heterocycles. The van der Waals surface area contributed by atoms with Crippen molar-refractivity contribution in [2.75, 3.05) is 6.54 Å². The first-order chi connectivity index (χ1) is 10.1. The van der Waals surface area contributed by atoms with E-state index in [0.717, 1.165) is 36.6 Å². The number of pyridine rings is 1. The maximum absolute atomic E-state index is 13.2. The van der Waals surface area contributed by atoms with Crippen molar-refractivity contribution >= 4 is 0 Å². The van der Waals surface area contributed by atoms with Crippen molar-refractivity contribution in [3.8, 4) is 0 Å². The van der Waals surface area contributed by atoms with E-state index < -0.39 is 0 Å². The zero-order chi connectivity index (χ0) is 14.8. The van der Waals surface area contributed by atoms with Crippen molar-refractivity contribution in [2.24, 2.45) is 0 Å². The molecule has 0 saturated heterocycles. The Morgan fingerprint density at radius 1 is 1.29 bits per heavy atom. The number of nitrogens with zero attached hydrogens (tertiary/aromatic N) is 4. The third-order valence-corrected chi connectivity index (χ3v) is 3.72. The lowest BCUT2D eigenvalue weighted by Gasteiger charge is -2.28. The smallest absolute Gasteiger partial charge is 0.141 e. The Hall–Kier alpha value is -1.88. The second-order valence-electron chi connectivity index (χ2n) is 5.83. The van der Waals surface area contributed by atoms with E-state index in [9.17, 15) is 4.39 Å². The van der Waals surface area contributed by atoms with E-state index in [1.54, 1.807) is 12.3 Å². The maximum atomic E-state index is 13.2. The molecule has 5 heteroatoms. The Balaban J connectivity index is 1.73. The van der Waals surface area contributed by atoms with Crippen LogP contribution >= 0.6 is 0 Å². The lowest BCUT2D eigenvalue weighted by atomic mass is 10.1. The van der Waals surface area contributed by atoms with Crippen LogP contribution in [0.2, 0.25) is 0 Å². The normalized spacial score (nSPS) is 15.2. The molecule has 0 fully saturated rings. The van der Waals surface area contributed by atoms with Crippen LogP contribution in [0.4, 0.5) is 4.39 Å². The van der Waals surface area contributed by atoms with Gasteiger partial charge in [-0.3, -0.25) is 9.88 Å². The minimum absolute atomic E-state index is 0.283. The molecule has 0 spiro atoms. The van der Waals surface area contributed by atoms with Crippen molar-refractivity contribution < 1.29 is 4.39 Å². The monoisotopic (exact) mass is 286 g/mol. The first kappa shape index (κ1) is 14.1. The van der Waals surface area contributed by atoms with Gasteiger partial charge in [-0.25, -0.2) is 14.4 Å². The van der Waals surface area contributed by atoms with Crippen LogP contribution in [0.5, 0.6) is 0 Å². The summed E-state index contributed by atoms with van der Waals surface area (Å²) in [6, 6.07) is 1.54. The molecular weight excluding hydrogens is 267 g/mol. The molecule has 110 valence electrons. The summed E-state index contributed by atoms with van der Waals surface area (Å²) in [6.07, 6.45) is 5.81. The van der Waals surface area contributed by atoms with Gasteiger partial charge in [0, 0.05) is 55.6 Å². The maximum Gasteiger partial charge on any atom is 0.141 e. The van der Waals surface area contributed by atoms with Crippen LogP contribution < -0.4 is 0 Å². The van der Waals surface area contributed by atoms with Gasteiger partial charge in [0.1, 0.15) is 11.6 Å². The van der Waals surface area contributed by atoms with Crippen LogP contribution in [0.15, 0.2) is 24.7 Å². The highest BCUT2D eigenvalue weighted by Crippen LogP contribution is 2.20. The molecule has 0 N–H and O–H groups in total. The number of aromatic nitrogens is 3. The van der Waals surface area contributed by atoms with Gasteiger partial charge in [-0.2, -0.15) is 0 Å². The van der Waals surface area contributed by atoms with Crippen molar-refractivity contribution in [1.82, 2.24) is 19.9 Å². The van der Waals surface area contributed by atoms with E-state index in [1.165, 1.54) is 11.8 Å². The molecule has 2 aromatic rings. The fraction of sp³-hybridized carbons (Fsp3) is 0.438. The molecule has 1 aliphatic heterocycles. The first-order valence-corrected chi connectivity index (χ1v) is 7.28. The van der Waals surface area contributed by atoms with E-state index in [2.05, 4.69) is 33.7 Å². The van der Waals surface area contributed by atoms with Gasteiger partial charge < -0.3 is 0 Å². The summed E-state index contributed by atoms with van der Waals surface area (Å²) in [5.41, 5.74) is 3.23. The molecule has 1 aliphatic rings. The average molecular weight is 286 g/mol. The lowest BCUT2D eigenvalue weighted by Crippen LogP contribution is -2.31. The van der Waals surface area contributed by atoms with Crippen LogP contribution in [-0.2, 0) is 19.5 Å². The summed E-state index contributed by atoms with van der Waals surface area (Å²) < 4.78 is 13.2. The summed E-state index contributed by atoms with van der Waals surface area (Å²) in [4.78, 5) is 15.3. The summed E-state index contributed by atoms with van der Waals surface area (Å²) >= 11 is 0. The van der Waals surface area contributed by atoms with Crippen LogP contribution in [0.1, 0.15) is 42.4 Å². The number of hydrogen-bond acceptors (Lipinski definition) is 4. The topological polar surface area (TPSA) is 41.9 Å². The van der Waals surface area contributed by atoms with Gasteiger partial charge in [0.25, 0.3) is 0 Å². The zero-order valence-electron chi connectivity index (χ0n) is 12.4. The Kier molecular flexibility index (Phi) is 3.92. The van der Waals surface area contributed by atoms with Crippen molar-refractivity contribution in [1.29, 1.82) is 0 Å². The van der Waals surface area contributed by atoms with E-state index >= 15 is 0 Å². The van der Waals surface area contributed by atoms with E-state index in [0.29, 0.717) is 12.5 Å². The first-order valence-electron chi connectivity index (χ1n) is 7.28. The number of fused-ring (bicyclic) bond motifs is 1. The molecule has 0 radical (unpaired) electrons. The van der Waals surface area contributed by atoms with Crippen LogP contribution in [0.3, 0.4) is 0 Å². The predicted octanol–water partition coefficient (Wildman–Crippen LogP) is 2.69. The van der Waals surface area contributed by atoms with Crippen LogP contribution in [0, 0.1) is 5.82 Å². The van der Waals surface area contributed by atoms with Crippen molar-refractivity contribution in [3.63, 3.8) is 0 Å². The van der Waals surface area contributed by atoms with Gasteiger partial charge in [-0.15, -0.1) is 0 Å². The minimum atomic E-state index is -0.283. The molecule has 0 aromatic carbocycles. The van der Waals surface area contributed by atoms with Crippen molar-refractivity contribution in [3.05, 3.63) is 53.1 Å². The van der Waals surface area contributed by atoms with Gasteiger partial charge in [-0.05, 0) is 11.6 Å². The molecule has 21 heavy (non-hydrogen) atoms. The number of hydrogen-bond donors (Lipinski definition) is 0. The Morgan fingerprint density at radius 2 is 2.14 bits per heavy atom. The third kappa shape index (κ3) is 3.24. The van der Waals surface area contributed by atoms with Gasteiger partial charge in [-0.1, -0.05) is 13.8 Å². The Morgan fingerprint density at radius 3 is 2.90 bits per heavy atom. The molecule has 3 rings (SSSR count). The van der Waals surface area contributed by atoms with E-state index in [-0.39, 0.29) is 5.82 Å². The van der Waals surface area contributed by atoms with Gasteiger partial charge in [0.2, 0.25) is 0 Å². The second-order valence-corrected chi connectivity index (χ2v) is 5.83. The SMILES string of the molecule is CC(C)c1ncc2c(n1)CCN(Cc1cncc(F)c1)C2. The molecule has 0 aliphatic carbocycles. The van der Waals surface area contributed by atoms with Crippen molar-refractivity contribution in [2.45, 2.75) is 39.3 Å². The standard InChI is InChI=1S/C16H19FN4/c1-11(2)16-19-7-13-10-21(4-3-15(13)20-16)9-12-5-14(17)8-18-6-12/h5-8,11H,3-4,9-10H2,1-2H3. The van der Waals surface area contributed by atoms with Crippen LogP contribution in [-0.4, -0.2) is 26.4 Å². The quantitative estimate of drug-likeness (QED) is 0.870. The van der Waals surface area contributed by atoms with Gasteiger partial charge in [0.15, 0.2) is 0 Å². The minimum Gasteiger partial charge on any atom is -0.294 e. The summed E-state index contributed by atoms with van der Waals surface area (Å²) in [7, 11) is 0. The highest BCUT2D eigenvalue weighted by molar-refractivity contribution is 5.22. The summed E-state index contributed by atoms with van der Waals surface area (Å²) in [5.74, 6) is 0.984. The molecule has 0 atom stereocenters. The molecule has 0 bridgehead atoms. The molecule has 2 aromatic heterocycles. The molecule has 0 saturated carbocycles. The fourth-order valence-electron chi connectivity index (χ4n) is 2.60. The largest absolute Gasteiger partial charge is 0.294 e. The molecule has 0 amide bonds. The molecule has 0 unspecified atom stereocenters. The van der Waals surface area contributed by atoms with E-state index in [4.69, 9.17) is 0 Å². The Bertz CT molecular complexity index is 642. The third-order valence-electron chi connectivity index (χ3n) is 3.72. The van der Waals surface area contributed by atoms with Gasteiger partial charge >= 0.3 is 0 Å². The van der Waals surface area contributed by atoms with Gasteiger partial charge in [0.05, 0.1) is 6.20 Å². The fourth-order valence-corrected chi connectivity index (χ4v) is 2.60. The highest BCUT2D eigenvalue weighted by Gasteiger charge is 2.19. The summed E-state index contributed by atoms with van der Waals surface area (Å²) in [6.45, 7) is 6.65. The number of halogens is 1. The molecular formula is C16H19FN4. The number of rotatable bonds is 3. The predicted molar refractivity (Wildman–Crippen MR) is 78.1 cm³/mol. The highest BCUT2D eigenvalue weighted by atomic mass is 19.1.